The second-order valence-corrected chi connectivity index (χ2v) is 8.93. The molecular formula is C26H27FN2O2S. The standard InChI is InChI=1S/C26H27FN2O2S/c1-19-3-10-24(11-4-19)32-18-21-17-20(5-12-25(21)31-2)26(30)29-15-13-28(14-16-29)23-8-6-22(27)7-9-23/h3-12,17H,13-16,18H2,1-2H3. The Morgan fingerprint density at radius 1 is 0.969 bits per heavy atom. The van der Waals surface area contributed by atoms with E-state index < -0.39 is 0 Å². The molecule has 1 fully saturated rings. The van der Waals surface area contributed by atoms with Gasteiger partial charge in [0.25, 0.3) is 5.91 Å². The van der Waals surface area contributed by atoms with Crippen LogP contribution >= 0.6 is 11.8 Å². The molecule has 0 N–H and O–H groups in total. The van der Waals surface area contributed by atoms with Crippen LogP contribution in [0.4, 0.5) is 10.1 Å². The first-order valence-electron chi connectivity index (χ1n) is 10.7. The van der Waals surface area contributed by atoms with Crippen LogP contribution in [0.1, 0.15) is 21.5 Å². The molecular weight excluding hydrogens is 423 g/mol. The Labute approximate surface area is 193 Å². The number of methoxy groups -OCH3 is 1. The Morgan fingerprint density at radius 3 is 2.31 bits per heavy atom. The van der Waals surface area contributed by atoms with E-state index in [1.54, 1.807) is 31.0 Å². The lowest BCUT2D eigenvalue weighted by Gasteiger charge is -2.36. The average molecular weight is 451 g/mol. The molecule has 1 saturated heterocycles. The van der Waals surface area contributed by atoms with Gasteiger partial charge < -0.3 is 14.5 Å². The lowest BCUT2D eigenvalue weighted by Crippen LogP contribution is -2.48. The van der Waals surface area contributed by atoms with Crippen molar-refractivity contribution in [1.82, 2.24) is 4.90 Å². The molecule has 1 heterocycles. The minimum atomic E-state index is -0.238. The number of halogens is 1. The Hall–Kier alpha value is -2.99. The van der Waals surface area contributed by atoms with E-state index in [4.69, 9.17) is 4.74 Å². The Kier molecular flexibility index (Phi) is 7.00. The summed E-state index contributed by atoms with van der Waals surface area (Å²) in [7, 11) is 1.66. The van der Waals surface area contributed by atoms with Crippen molar-refractivity contribution in [2.75, 3.05) is 38.2 Å². The molecule has 0 bridgehead atoms. The van der Waals surface area contributed by atoms with Crippen molar-refractivity contribution in [3.05, 3.63) is 89.2 Å². The minimum Gasteiger partial charge on any atom is -0.496 e. The van der Waals surface area contributed by atoms with Gasteiger partial charge in [-0.2, -0.15) is 0 Å². The molecule has 1 aliphatic heterocycles. The van der Waals surface area contributed by atoms with E-state index in [1.807, 2.05) is 23.1 Å². The number of aryl methyl sites for hydroxylation is 1. The second kappa shape index (κ2) is 10.1. The Balaban J connectivity index is 1.41. The maximum absolute atomic E-state index is 13.2. The van der Waals surface area contributed by atoms with Crippen LogP contribution in [-0.2, 0) is 5.75 Å². The fourth-order valence-electron chi connectivity index (χ4n) is 3.82. The molecule has 4 rings (SSSR count). The zero-order chi connectivity index (χ0) is 22.5. The lowest BCUT2D eigenvalue weighted by atomic mass is 10.1. The highest BCUT2D eigenvalue weighted by molar-refractivity contribution is 7.98. The van der Waals surface area contributed by atoms with Crippen LogP contribution in [0.15, 0.2) is 71.6 Å². The highest BCUT2D eigenvalue weighted by atomic mass is 32.2. The predicted molar refractivity (Wildman–Crippen MR) is 128 cm³/mol. The van der Waals surface area contributed by atoms with Gasteiger partial charge in [-0.25, -0.2) is 4.39 Å². The van der Waals surface area contributed by atoms with Crippen LogP contribution in [0.2, 0.25) is 0 Å². The van der Waals surface area contributed by atoms with E-state index in [0.717, 1.165) is 35.8 Å². The third-order valence-corrected chi connectivity index (χ3v) is 6.76. The van der Waals surface area contributed by atoms with Gasteiger partial charge in [-0.1, -0.05) is 17.7 Å². The fourth-order valence-corrected chi connectivity index (χ4v) is 4.70. The SMILES string of the molecule is COc1ccc(C(=O)N2CCN(c3ccc(F)cc3)CC2)cc1CSc1ccc(C)cc1. The summed E-state index contributed by atoms with van der Waals surface area (Å²) in [4.78, 5) is 18.4. The summed E-state index contributed by atoms with van der Waals surface area (Å²) < 4.78 is 18.7. The van der Waals surface area contributed by atoms with E-state index in [9.17, 15) is 9.18 Å². The number of piperazine rings is 1. The number of nitrogens with zero attached hydrogens (tertiary/aromatic N) is 2. The van der Waals surface area contributed by atoms with Gasteiger partial charge in [0.05, 0.1) is 7.11 Å². The predicted octanol–water partition coefficient (Wildman–Crippen LogP) is 5.40. The molecule has 32 heavy (non-hydrogen) atoms. The van der Waals surface area contributed by atoms with Crippen LogP contribution in [-0.4, -0.2) is 44.1 Å². The minimum absolute atomic E-state index is 0.0352. The van der Waals surface area contributed by atoms with Gasteiger partial charge >= 0.3 is 0 Å². The first-order chi connectivity index (χ1) is 15.5. The van der Waals surface area contributed by atoms with Crippen LogP contribution < -0.4 is 9.64 Å². The van der Waals surface area contributed by atoms with Crippen molar-refractivity contribution < 1.29 is 13.9 Å². The monoisotopic (exact) mass is 450 g/mol. The smallest absolute Gasteiger partial charge is 0.253 e. The first-order valence-corrected chi connectivity index (χ1v) is 11.7. The van der Waals surface area contributed by atoms with Gasteiger partial charge in [-0.05, 0) is 61.5 Å². The number of carbonyl (C=O) groups is 1. The van der Waals surface area contributed by atoms with E-state index in [2.05, 4.69) is 36.1 Å². The summed E-state index contributed by atoms with van der Waals surface area (Å²) in [5, 5.41) is 0. The molecule has 1 amide bonds. The number of hydrogen-bond donors (Lipinski definition) is 0. The topological polar surface area (TPSA) is 32.8 Å². The molecule has 1 aliphatic rings. The third-order valence-electron chi connectivity index (χ3n) is 5.70. The number of anilines is 1. The van der Waals surface area contributed by atoms with E-state index in [-0.39, 0.29) is 11.7 Å². The third kappa shape index (κ3) is 5.25. The van der Waals surface area contributed by atoms with Gasteiger partial charge in [0.2, 0.25) is 0 Å². The largest absolute Gasteiger partial charge is 0.496 e. The number of ether oxygens (including phenoxy) is 1. The summed E-state index contributed by atoms with van der Waals surface area (Å²) in [6, 6.07) is 20.6. The molecule has 3 aromatic carbocycles. The molecule has 166 valence electrons. The number of hydrogen-bond acceptors (Lipinski definition) is 4. The Morgan fingerprint density at radius 2 is 1.66 bits per heavy atom. The molecule has 0 atom stereocenters. The van der Waals surface area contributed by atoms with Gasteiger partial charge in [0, 0.05) is 53.6 Å². The van der Waals surface area contributed by atoms with Crippen LogP contribution in [0.5, 0.6) is 5.75 Å². The van der Waals surface area contributed by atoms with Crippen LogP contribution in [0.3, 0.4) is 0 Å². The van der Waals surface area contributed by atoms with E-state index >= 15 is 0 Å². The van der Waals surface area contributed by atoms with Crippen molar-refractivity contribution in [2.24, 2.45) is 0 Å². The zero-order valence-electron chi connectivity index (χ0n) is 18.4. The summed E-state index contributed by atoms with van der Waals surface area (Å²) in [5.41, 5.74) is 3.91. The van der Waals surface area contributed by atoms with Gasteiger partial charge in [0.1, 0.15) is 11.6 Å². The summed E-state index contributed by atoms with van der Waals surface area (Å²) >= 11 is 1.73. The second-order valence-electron chi connectivity index (χ2n) is 7.88. The van der Waals surface area contributed by atoms with E-state index in [0.29, 0.717) is 18.7 Å². The summed E-state index contributed by atoms with van der Waals surface area (Å²) in [6.45, 7) is 4.80. The number of rotatable bonds is 6. The maximum Gasteiger partial charge on any atom is 0.253 e. The fraction of sp³-hybridized carbons (Fsp3) is 0.269. The molecule has 6 heteroatoms. The quantitative estimate of drug-likeness (QED) is 0.471. The molecule has 0 aliphatic carbocycles. The number of thioether (sulfide) groups is 1. The number of benzene rings is 3. The molecule has 0 unspecified atom stereocenters. The molecule has 0 radical (unpaired) electrons. The van der Waals surface area contributed by atoms with Gasteiger partial charge in [-0.15, -0.1) is 11.8 Å². The summed E-state index contributed by atoms with van der Waals surface area (Å²) in [5.74, 6) is 1.32. The Bertz CT molecular complexity index is 1060. The van der Waals surface area contributed by atoms with Crippen LogP contribution in [0, 0.1) is 12.7 Å². The molecule has 3 aromatic rings. The average Bonchev–Trinajstić information content (AvgIpc) is 2.83. The van der Waals surface area contributed by atoms with Gasteiger partial charge in [-0.3, -0.25) is 4.79 Å². The molecule has 0 saturated carbocycles. The highest BCUT2D eigenvalue weighted by Crippen LogP contribution is 2.29. The lowest BCUT2D eigenvalue weighted by molar-refractivity contribution is 0.0746. The number of carbonyl (C=O) groups excluding carboxylic acids is 1. The van der Waals surface area contributed by atoms with Crippen molar-refractivity contribution in [3.63, 3.8) is 0 Å². The summed E-state index contributed by atoms with van der Waals surface area (Å²) in [6.07, 6.45) is 0. The zero-order valence-corrected chi connectivity index (χ0v) is 19.2. The van der Waals surface area contributed by atoms with Crippen molar-refractivity contribution in [1.29, 1.82) is 0 Å². The first kappa shape index (κ1) is 22.2. The van der Waals surface area contributed by atoms with Crippen LogP contribution in [0.25, 0.3) is 0 Å². The van der Waals surface area contributed by atoms with E-state index in [1.165, 1.54) is 22.6 Å². The molecule has 0 aromatic heterocycles. The van der Waals surface area contributed by atoms with Crippen molar-refractivity contribution in [3.8, 4) is 5.75 Å². The van der Waals surface area contributed by atoms with Crippen molar-refractivity contribution in [2.45, 2.75) is 17.6 Å². The molecule has 4 nitrogen and oxygen atoms in total. The van der Waals surface area contributed by atoms with Crippen molar-refractivity contribution >= 4 is 23.4 Å². The highest BCUT2D eigenvalue weighted by Gasteiger charge is 2.23. The molecule has 0 spiro atoms. The maximum atomic E-state index is 13.2. The number of amides is 1. The van der Waals surface area contributed by atoms with Gasteiger partial charge in [0.15, 0.2) is 0 Å². The normalized spacial score (nSPS) is 13.8.